The highest BCUT2D eigenvalue weighted by Crippen LogP contribution is 2.13. The Labute approximate surface area is 116 Å². The highest BCUT2D eigenvalue weighted by atomic mass is 16.7. The minimum atomic E-state index is -0.195. The maximum atomic E-state index is 12.2. The lowest BCUT2D eigenvalue weighted by molar-refractivity contribution is -0.144. The lowest BCUT2D eigenvalue weighted by Crippen LogP contribution is -2.36. The van der Waals surface area contributed by atoms with Crippen LogP contribution in [0.25, 0.3) is 5.69 Å². The first kappa shape index (κ1) is 12.7. The van der Waals surface area contributed by atoms with Gasteiger partial charge in [0.2, 0.25) is 0 Å². The van der Waals surface area contributed by atoms with Gasteiger partial charge >= 0.3 is 0 Å². The van der Waals surface area contributed by atoms with Crippen molar-refractivity contribution in [3.05, 3.63) is 42.2 Å². The molecule has 1 aromatic carbocycles. The van der Waals surface area contributed by atoms with Crippen LogP contribution in [0.3, 0.4) is 0 Å². The molecular weight excluding hydrogens is 256 g/mol. The van der Waals surface area contributed by atoms with Crippen LogP contribution in [0.5, 0.6) is 0 Å². The summed E-state index contributed by atoms with van der Waals surface area (Å²) < 4.78 is 1.65. The van der Waals surface area contributed by atoms with E-state index in [1.54, 1.807) is 29.1 Å². The quantitative estimate of drug-likeness (QED) is 0.843. The van der Waals surface area contributed by atoms with Crippen LogP contribution in [0.2, 0.25) is 0 Å². The number of carbonyl (C=O) groups excluding carboxylic acids is 1. The van der Waals surface area contributed by atoms with Gasteiger partial charge in [-0.1, -0.05) is 0 Å². The highest BCUT2D eigenvalue weighted by molar-refractivity contribution is 5.91. The lowest BCUT2D eigenvalue weighted by Gasteiger charge is -2.24. The molecule has 0 radical (unpaired) electrons. The number of hydroxylamine groups is 2. The van der Waals surface area contributed by atoms with E-state index in [-0.39, 0.29) is 5.91 Å². The normalized spacial score (nSPS) is 15.3. The zero-order valence-electron chi connectivity index (χ0n) is 11.0. The predicted octanol–water partition coefficient (Wildman–Crippen LogP) is 1.62. The van der Waals surface area contributed by atoms with E-state index in [0.29, 0.717) is 24.5 Å². The number of nitrogens with two attached hydrogens (primary N) is 1. The second-order valence-electron chi connectivity index (χ2n) is 4.68. The molecule has 3 rings (SSSR count). The summed E-state index contributed by atoms with van der Waals surface area (Å²) >= 11 is 0. The van der Waals surface area contributed by atoms with E-state index in [4.69, 9.17) is 10.6 Å². The molecule has 0 bridgehead atoms. The molecule has 0 unspecified atom stereocenters. The van der Waals surface area contributed by atoms with Gasteiger partial charge in [0.25, 0.3) is 5.91 Å². The Morgan fingerprint density at radius 3 is 2.70 bits per heavy atom. The molecule has 1 saturated heterocycles. The summed E-state index contributed by atoms with van der Waals surface area (Å²) in [6.07, 6.45) is 3.71. The zero-order valence-corrected chi connectivity index (χ0v) is 11.0. The van der Waals surface area contributed by atoms with Crippen LogP contribution < -0.4 is 5.73 Å². The van der Waals surface area contributed by atoms with E-state index in [2.05, 4.69) is 5.10 Å². The average molecular weight is 272 g/mol. The van der Waals surface area contributed by atoms with Gasteiger partial charge < -0.3 is 5.73 Å². The molecule has 0 spiro atoms. The number of rotatable bonds is 2. The molecule has 2 N–H and O–H groups in total. The van der Waals surface area contributed by atoms with Crippen LogP contribution >= 0.6 is 0 Å². The first-order valence-electron chi connectivity index (χ1n) is 6.60. The van der Waals surface area contributed by atoms with Crippen molar-refractivity contribution in [1.29, 1.82) is 0 Å². The highest BCUT2D eigenvalue weighted by Gasteiger charge is 2.21. The Morgan fingerprint density at radius 1 is 1.20 bits per heavy atom. The number of hydrogen-bond acceptors (Lipinski definition) is 4. The SMILES string of the molecule is Nc1ccc(-n2ccc(C(=O)N3CCCCO3)n2)cc1. The molecular formula is C14H16N4O2. The van der Waals surface area contributed by atoms with Crippen LogP contribution in [-0.2, 0) is 4.84 Å². The van der Waals surface area contributed by atoms with Crippen molar-refractivity contribution in [1.82, 2.24) is 14.8 Å². The largest absolute Gasteiger partial charge is 0.399 e. The molecule has 1 fully saturated rings. The van der Waals surface area contributed by atoms with Crippen LogP contribution in [0.15, 0.2) is 36.5 Å². The van der Waals surface area contributed by atoms with Gasteiger partial charge in [0, 0.05) is 18.4 Å². The van der Waals surface area contributed by atoms with Crippen molar-refractivity contribution in [2.45, 2.75) is 12.8 Å². The molecule has 1 aromatic heterocycles. The van der Waals surface area contributed by atoms with E-state index < -0.39 is 0 Å². The van der Waals surface area contributed by atoms with Gasteiger partial charge in [-0.05, 0) is 43.2 Å². The molecule has 0 aliphatic carbocycles. The second-order valence-corrected chi connectivity index (χ2v) is 4.68. The summed E-state index contributed by atoms with van der Waals surface area (Å²) in [5.74, 6) is -0.195. The van der Waals surface area contributed by atoms with Gasteiger partial charge in [-0.3, -0.25) is 9.63 Å². The topological polar surface area (TPSA) is 73.4 Å². The monoisotopic (exact) mass is 272 g/mol. The number of carbonyl (C=O) groups is 1. The maximum Gasteiger partial charge on any atom is 0.297 e. The first-order chi connectivity index (χ1) is 9.74. The van der Waals surface area contributed by atoms with Crippen LogP contribution in [0.4, 0.5) is 5.69 Å². The molecule has 0 saturated carbocycles. The maximum absolute atomic E-state index is 12.2. The number of aromatic nitrogens is 2. The van der Waals surface area contributed by atoms with Crippen molar-refractivity contribution in [2.75, 3.05) is 18.9 Å². The van der Waals surface area contributed by atoms with Crippen molar-refractivity contribution in [3.8, 4) is 5.69 Å². The Kier molecular flexibility index (Phi) is 3.39. The Balaban J connectivity index is 1.79. The predicted molar refractivity (Wildman–Crippen MR) is 74.2 cm³/mol. The summed E-state index contributed by atoms with van der Waals surface area (Å²) in [6, 6.07) is 9.00. The van der Waals surface area contributed by atoms with Crippen molar-refractivity contribution in [3.63, 3.8) is 0 Å². The van der Waals surface area contributed by atoms with Gasteiger partial charge in [0.1, 0.15) is 0 Å². The number of nitrogens with zero attached hydrogens (tertiary/aromatic N) is 3. The number of benzene rings is 1. The minimum absolute atomic E-state index is 0.195. The van der Waals surface area contributed by atoms with E-state index in [0.717, 1.165) is 18.5 Å². The van der Waals surface area contributed by atoms with Gasteiger partial charge in [-0.15, -0.1) is 0 Å². The third-order valence-electron chi connectivity index (χ3n) is 3.20. The molecule has 6 nitrogen and oxygen atoms in total. The van der Waals surface area contributed by atoms with E-state index in [1.807, 2.05) is 12.1 Å². The number of anilines is 1. The molecule has 6 heteroatoms. The third kappa shape index (κ3) is 2.50. The van der Waals surface area contributed by atoms with Crippen molar-refractivity contribution >= 4 is 11.6 Å². The summed E-state index contributed by atoms with van der Waals surface area (Å²) in [5, 5.41) is 5.68. The summed E-state index contributed by atoms with van der Waals surface area (Å²) in [7, 11) is 0. The fourth-order valence-electron chi connectivity index (χ4n) is 2.09. The number of hydrogen-bond donors (Lipinski definition) is 1. The van der Waals surface area contributed by atoms with E-state index in [1.165, 1.54) is 5.06 Å². The molecule has 104 valence electrons. The van der Waals surface area contributed by atoms with Crippen LogP contribution in [0, 0.1) is 0 Å². The molecule has 20 heavy (non-hydrogen) atoms. The average Bonchev–Trinajstić information content (AvgIpc) is 2.98. The fourth-order valence-corrected chi connectivity index (χ4v) is 2.09. The second kappa shape index (κ2) is 5.34. The molecule has 0 atom stereocenters. The molecule has 1 aliphatic rings. The Morgan fingerprint density at radius 2 is 2.00 bits per heavy atom. The smallest absolute Gasteiger partial charge is 0.297 e. The molecule has 2 aromatic rings. The van der Waals surface area contributed by atoms with E-state index in [9.17, 15) is 4.79 Å². The van der Waals surface area contributed by atoms with Gasteiger partial charge in [0.15, 0.2) is 5.69 Å². The minimum Gasteiger partial charge on any atom is -0.399 e. The number of nitrogen functional groups attached to an aromatic ring is 1. The van der Waals surface area contributed by atoms with Gasteiger partial charge in [-0.2, -0.15) is 5.10 Å². The summed E-state index contributed by atoms with van der Waals surface area (Å²) in [6.45, 7) is 1.21. The van der Waals surface area contributed by atoms with E-state index >= 15 is 0 Å². The van der Waals surface area contributed by atoms with Crippen molar-refractivity contribution < 1.29 is 9.63 Å². The fraction of sp³-hybridized carbons (Fsp3) is 0.286. The first-order valence-corrected chi connectivity index (χ1v) is 6.60. The number of amides is 1. The zero-order chi connectivity index (χ0) is 13.9. The molecule has 1 amide bonds. The third-order valence-corrected chi connectivity index (χ3v) is 3.20. The summed E-state index contributed by atoms with van der Waals surface area (Å²) in [5.41, 5.74) is 7.58. The summed E-state index contributed by atoms with van der Waals surface area (Å²) in [4.78, 5) is 17.5. The van der Waals surface area contributed by atoms with Gasteiger partial charge in [0.05, 0.1) is 12.3 Å². The van der Waals surface area contributed by atoms with Crippen LogP contribution in [-0.4, -0.2) is 33.9 Å². The lowest BCUT2D eigenvalue weighted by atomic mass is 10.3. The van der Waals surface area contributed by atoms with Crippen molar-refractivity contribution in [2.24, 2.45) is 0 Å². The molecule has 1 aliphatic heterocycles. The Bertz CT molecular complexity index is 600. The van der Waals surface area contributed by atoms with Crippen LogP contribution in [0.1, 0.15) is 23.3 Å². The van der Waals surface area contributed by atoms with Gasteiger partial charge in [-0.25, -0.2) is 9.75 Å². The molecule has 2 heterocycles. The Hall–Kier alpha value is -2.34. The standard InChI is InChI=1S/C14H16N4O2/c15-11-3-5-12(6-4-11)17-9-7-13(16-17)14(19)18-8-1-2-10-20-18/h3-7,9H,1-2,8,10,15H2.